The molecule has 0 radical (unpaired) electrons. The molecule has 1 saturated heterocycles. The number of thiazole rings is 1. The fraction of sp³-hybridized carbons (Fsp3) is 0.333. The lowest BCUT2D eigenvalue weighted by Crippen LogP contribution is -2.47. The number of anilines is 1. The van der Waals surface area contributed by atoms with Crippen LogP contribution in [0.5, 0.6) is 0 Å². The molecule has 30 heavy (non-hydrogen) atoms. The third-order valence-corrected chi connectivity index (χ3v) is 6.59. The topological polar surface area (TPSA) is 79.2 Å². The van der Waals surface area contributed by atoms with Gasteiger partial charge in [-0.2, -0.15) is 0 Å². The highest BCUT2D eigenvalue weighted by Crippen LogP contribution is 2.35. The van der Waals surface area contributed by atoms with E-state index >= 15 is 0 Å². The quantitative estimate of drug-likeness (QED) is 0.548. The Bertz CT molecular complexity index is 1250. The number of piperazine rings is 1. The SMILES string of the molecule is CNc1nc2sc(-c3cccc(C(=O)N4CCN(C)CC4)c3)nc2c2c1ncn2C. The van der Waals surface area contributed by atoms with E-state index in [9.17, 15) is 4.79 Å². The zero-order valence-corrected chi connectivity index (χ0v) is 18.0. The predicted molar refractivity (Wildman–Crippen MR) is 120 cm³/mol. The number of amides is 1. The van der Waals surface area contributed by atoms with Gasteiger partial charge in [0.2, 0.25) is 0 Å². The number of rotatable bonds is 3. The van der Waals surface area contributed by atoms with Crippen molar-refractivity contribution >= 4 is 44.4 Å². The minimum absolute atomic E-state index is 0.0793. The lowest BCUT2D eigenvalue weighted by Gasteiger charge is -2.32. The third-order valence-electron chi connectivity index (χ3n) is 5.59. The number of benzene rings is 1. The number of carbonyl (C=O) groups excluding carboxylic acids is 1. The molecule has 154 valence electrons. The predicted octanol–water partition coefficient (Wildman–Crippen LogP) is 2.67. The van der Waals surface area contributed by atoms with Crippen LogP contribution in [0.15, 0.2) is 30.6 Å². The van der Waals surface area contributed by atoms with E-state index in [1.165, 1.54) is 11.3 Å². The van der Waals surface area contributed by atoms with Crippen molar-refractivity contribution in [3.63, 3.8) is 0 Å². The van der Waals surface area contributed by atoms with E-state index in [2.05, 4.69) is 22.2 Å². The maximum absolute atomic E-state index is 13.0. The van der Waals surface area contributed by atoms with Gasteiger partial charge in [0.05, 0.1) is 6.33 Å². The van der Waals surface area contributed by atoms with Crippen LogP contribution in [0.25, 0.3) is 32.0 Å². The van der Waals surface area contributed by atoms with Gasteiger partial charge in [-0.1, -0.05) is 23.5 Å². The number of hydrogen-bond acceptors (Lipinski definition) is 7. The van der Waals surface area contributed by atoms with Gasteiger partial charge in [-0.25, -0.2) is 15.0 Å². The van der Waals surface area contributed by atoms with Crippen molar-refractivity contribution in [2.24, 2.45) is 7.05 Å². The van der Waals surface area contributed by atoms with Crippen molar-refractivity contribution in [2.75, 3.05) is 45.6 Å². The number of pyridine rings is 1. The van der Waals surface area contributed by atoms with Crippen LogP contribution in [0.2, 0.25) is 0 Å². The molecule has 8 nitrogen and oxygen atoms in total. The summed E-state index contributed by atoms with van der Waals surface area (Å²) < 4.78 is 1.97. The van der Waals surface area contributed by atoms with Gasteiger partial charge in [0, 0.05) is 51.4 Å². The first kappa shape index (κ1) is 19.0. The van der Waals surface area contributed by atoms with Crippen molar-refractivity contribution in [3.05, 3.63) is 36.2 Å². The second-order valence-corrected chi connectivity index (χ2v) is 8.59. The van der Waals surface area contributed by atoms with Gasteiger partial charge in [0.1, 0.15) is 26.4 Å². The molecule has 9 heteroatoms. The Balaban J connectivity index is 1.54. The maximum Gasteiger partial charge on any atom is 0.253 e. The average molecular weight is 422 g/mol. The summed E-state index contributed by atoms with van der Waals surface area (Å²) in [6.45, 7) is 3.33. The van der Waals surface area contributed by atoms with Crippen LogP contribution in [0, 0.1) is 0 Å². The molecule has 1 aliphatic rings. The highest BCUT2D eigenvalue weighted by molar-refractivity contribution is 7.21. The van der Waals surface area contributed by atoms with Crippen LogP contribution in [0.3, 0.4) is 0 Å². The molecular weight excluding hydrogens is 398 g/mol. The van der Waals surface area contributed by atoms with E-state index in [-0.39, 0.29) is 5.91 Å². The monoisotopic (exact) mass is 421 g/mol. The van der Waals surface area contributed by atoms with Gasteiger partial charge in [0.25, 0.3) is 5.91 Å². The fourth-order valence-electron chi connectivity index (χ4n) is 3.85. The number of hydrogen-bond donors (Lipinski definition) is 1. The lowest BCUT2D eigenvalue weighted by atomic mass is 10.1. The number of fused-ring (bicyclic) bond motifs is 3. The number of imidazole rings is 1. The molecule has 3 aromatic heterocycles. The van der Waals surface area contributed by atoms with Crippen LogP contribution >= 0.6 is 11.3 Å². The van der Waals surface area contributed by atoms with Gasteiger partial charge >= 0.3 is 0 Å². The number of likely N-dealkylation sites (N-methyl/N-ethyl adjacent to an activating group) is 1. The smallest absolute Gasteiger partial charge is 0.253 e. The zero-order valence-electron chi connectivity index (χ0n) is 17.2. The second kappa shape index (κ2) is 7.33. The molecular formula is C21H23N7OS. The number of aromatic nitrogens is 4. The molecule has 0 aliphatic carbocycles. The van der Waals surface area contributed by atoms with Crippen LogP contribution in [0.1, 0.15) is 10.4 Å². The average Bonchev–Trinajstić information content (AvgIpc) is 3.37. The van der Waals surface area contributed by atoms with Gasteiger partial charge in [0.15, 0.2) is 5.82 Å². The number of carbonyl (C=O) groups is 1. The summed E-state index contributed by atoms with van der Waals surface area (Å²) in [4.78, 5) is 32.1. The van der Waals surface area contributed by atoms with Gasteiger partial charge in [-0.3, -0.25) is 4.79 Å². The summed E-state index contributed by atoms with van der Waals surface area (Å²) in [6, 6.07) is 7.75. The van der Waals surface area contributed by atoms with Crippen LogP contribution in [-0.4, -0.2) is 75.5 Å². The van der Waals surface area contributed by atoms with Gasteiger partial charge < -0.3 is 19.7 Å². The van der Waals surface area contributed by atoms with E-state index in [0.29, 0.717) is 5.56 Å². The molecule has 0 unspecified atom stereocenters. The number of nitrogens with one attached hydrogen (secondary N) is 1. The molecule has 1 amide bonds. The van der Waals surface area contributed by atoms with E-state index in [1.807, 2.05) is 47.8 Å². The van der Waals surface area contributed by atoms with Crippen molar-refractivity contribution in [3.8, 4) is 10.6 Å². The Kier molecular flexibility index (Phi) is 4.63. The summed E-state index contributed by atoms with van der Waals surface area (Å²) in [7, 11) is 5.89. The molecule has 1 N–H and O–H groups in total. The van der Waals surface area contributed by atoms with E-state index < -0.39 is 0 Å². The van der Waals surface area contributed by atoms with Gasteiger partial charge in [-0.05, 0) is 19.2 Å². The molecule has 0 saturated carbocycles. The molecule has 1 fully saturated rings. The molecule has 0 bridgehead atoms. The molecule has 4 heterocycles. The summed E-state index contributed by atoms with van der Waals surface area (Å²) >= 11 is 1.53. The van der Waals surface area contributed by atoms with Crippen molar-refractivity contribution in [1.82, 2.24) is 29.3 Å². The lowest BCUT2D eigenvalue weighted by molar-refractivity contribution is 0.0664. The Morgan fingerprint density at radius 1 is 1.10 bits per heavy atom. The fourth-order valence-corrected chi connectivity index (χ4v) is 4.80. The minimum Gasteiger partial charge on any atom is -0.371 e. The van der Waals surface area contributed by atoms with Crippen LogP contribution < -0.4 is 5.32 Å². The summed E-state index contributed by atoms with van der Waals surface area (Å²) in [5.74, 6) is 0.822. The molecule has 0 atom stereocenters. The number of nitrogens with zero attached hydrogens (tertiary/aromatic N) is 6. The molecule has 0 spiro atoms. The Morgan fingerprint density at radius 2 is 1.90 bits per heavy atom. The highest BCUT2D eigenvalue weighted by Gasteiger charge is 2.22. The normalized spacial score (nSPS) is 15.2. The first-order chi connectivity index (χ1) is 14.5. The Morgan fingerprint density at radius 3 is 2.67 bits per heavy atom. The van der Waals surface area contributed by atoms with Crippen molar-refractivity contribution in [2.45, 2.75) is 0 Å². The standard InChI is InChI=1S/C21H23N7OS/c1-22-18-15-17(27(3)12-23-15)16-20(25-18)30-19(24-16)13-5-4-6-14(11-13)21(29)28-9-7-26(2)8-10-28/h4-6,11-12H,7-10H2,1-3H3,(H,22,25). The zero-order chi connectivity index (χ0) is 20.8. The van der Waals surface area contributed by atoms with E-state index in [0.717, 1.165) is 63.9 Å². The first-order valence-electron chi connectivity index (χ1n) is 9.92. The number of aryl methyl sites for hydroxylation is 1. The summed E-state index contributed by atoms with van der Waals surface area (Å²) in [5, 5.41) is 3.97. The second-order valence-electron chi connectivity index (χ2n) is 7.61. The molecule has 1 aliphatic heterocycles. The van der Waals surface area contributed by atoms with Crippen molar-refractivity contribution < 1.29 is 4.79 Å². The minimum atomic E-state index is 0.0793. The molecule has 4 aromatic rings. The highest BCUT2D eigenvalue weighted by atomic mass is 32.1. The largest absolute Gasteiger partial charge is 0.371 e. The first-order valence-corrected chi connectivity index (χ1v) is 10.7. The van der Waals surface area contributed by atoms with E-state index in [4.69, 9.17) is 9.97 Å². The molecule has 5 rings (SSSR count). The van der Waals surface area contributed by atoms with Crippen LogP contribution in [0.4, 0.5) is 5.82 Å². The van der Waals surface area contributed by atoms with Crippen LogP contribution in [-0.2, 0) is 7.05 Å². The Labute approximate surface area is 178 Å². The van der Waals surface area contributed by atoms with Gasteiger partial charge in [-0.15, -0.1) is 0 Å². The van der Waals surface area contributed by atoms with Crippen molar-refractivity contribution in [1.29, 1.82) is 0 Å². The maximum atomic E-state index is 13.0. The van der Waals surface area contributed by atoms with E-state index in [1.54, 1.807) is 6.33 Å². The summed E-state index contributed by atoms with van der Waals surface area (Å²) in [6.07, 6.45) is 1.78. The Hall–Kier alpha value is -3.04. The summed E-state index contributed by atoms with van der Waals surface area (Å²) in [5.41, 5.74) is 4.23. The molecule has 1 aromatic carbocycles. The third kappa shape index (κ3) is 3.10.